The Morgan fingerprint density at radius 1 is 0.818 bits per heavy atom. The number of nitrogens with two attached hydrogens (primary N) is 1. The molecule has 15 atom stereocenters. The molecule has 11 N–H and O–H groups in total. The van der Waals surface area contributed by atoms with Crippen molar-refractivity contribution >= 4 is 28.7 Å². The van der Waals surface area contributed by atoms with E-state index in [9.17, 15) is 60.0 Å². The maximum Gasteiger partial charge on any atom is 0.336 e. The van der Waals surface area contributed by atoms with E-state index in [1.165, 1.54) is 24.3 Å². The Balaban J connectivity index is 1.51. The molecule has 55 heavy (non-hydrogen) atoms. The third-order valence-electron chi connectivity index (χ3n) is 10.1. The molecule has 306 valence electrons. The van der Waals surface area contributed by atoms with E-state index in [1.807, 2.05) is 0 Å². The molecule has 3 aliphatic heterocycles. The second-order valence-electron chi connectivity index (χ2n) is 13.7. The van der Waals surface area contributed by atoms with E-state index in [4.69, 9.17) is 33.8 Å². The summed E-state index contributed by atoms with van der Waals surface area (Å²) in [5, 5.41) is 89.5. The van der Waals surface area contributed by atoms with E-state index < -0.39 is 135 Å². The van der Waals surface area contributed by atoms with Crippen LogP contribution in [0.2, 0.25) is 0 Å². The first-order valence-corrected chi connectivity index (χ1v) is 17.3. The van der Waals surface area contributed by atoms with Gasteiger partial charge in [0.15, 0.2) is 24.4 Å². The number of fused-ring (bicyclic) bond motifs is 1. The molecule has 2 aromatic rings. The summed E-state index contributed by atoms with van der Waals surface area (Å²) in [7, 11) is 0. The molecule has 5 rings (SSSR count). The first-order valence-electron chi connectivity index (χ1n) is 17.3. The molecule has 1 unspecified atom stereocenters. The average Bonchev–Trinajstić information content (AvgIpc) is 3.12. The Hall–Kier alpha value is -3.52. The van der Waals surface area contributed by atoms with Crippen molar-refractivity contribution in [3.63, 3.8) is 0 Å². The molecule has 0 aliphatic carbocycles. The third kappa shape index (κ3) is 7.78. The van der Waals surface area contributed by atoms with Crippen LogP contribution in [0.25, 0.3) is 11.0 Å². The SMILES string of the molecule is CC(=O)N[C@H]1[C@H](O[C@H]2[C@H](O)[C@@H](N)[C@H](O[C@@H]3[C@@H](CO)OC(O)[C@](c4ccc5c(C)cc(=O)oc5c4)(N(C(C)=O)C(C)=O)[C@H]3O)O[C@@H]2CO)O[C@H](CO)[C@@H](O)[C@@H]1O. The van der Waals surface area contributed by atoms with E-state index >= 15 is 0 Å². The van der Waals surface area contributed by atoms with Crippen LogP contribution >= 0.6 is 0 Å². The molecule has 3 amide bonds. The van der Waals surface area contributed by atoms with Crippen molar-refractivity contribution in [2.75, 3.05) is 19.8 Å². The fourth-order valence-electron chi connectivity index (χ4n) is 7.53. The van der Waals surface area contributed by atoms with Crippen LogP contribution in [0.1, 0.15) is 31.9 Å². The number of benzene rings is 1. The molecule has 21 heteroatoms. The van der Waals surface area contributed by atoms with Gasteiger partial charge in [-0.3, -0.25) is 19.3 Å². The summed E-state index contributed by atoms with van der Waals surface area (Å²) in [6, 6.07) is 2.22. The molecule has 3 fully saturated rings. The van der Waals surface area contributed by atoms with Gasteiger partial charge in [-0.25, -0.2) is 4.79 Å². The number of rotatable bonds is 10. The van der Waals surface area contributed by atoms with Crippen LogP contribution in [0.4, 0.5) is 0 Å². The van der Waals surface area contributed by atoms with Gasteiger partial charge in [0.1, 0.15) is 66.6 Å². The number of hydrogen-bond acceptors (Lipinski definition) is 19. The lowest BCUT2D eigenvalue weighted by atomic mass is 9.75. The zero-order valence-corrected chi connectivity index (χ0v) is 30.2. The largest absolute Gasteiger partial charge is 0.423 e. The van der Waals surface area contributed by atoms with E-state index in [0.717, 1.165) is 20.8 Å². The van der Waals surface area contributed by atoms with Crippen molar-refractivity contribution in [2.45, 2.75) is 119 Å². The number of carbonyl (C=O) groups excluding carboxylic acids is 3. The topological polar surface area (TPSA) is 331 Å². The standard InChI is InChI=1S/C34H47N3O18/c1-12-7-22(44)50-18-8-16(5-6-17(12)18)34(37(14(3)42)15(4)43)30(48)29(21(11-40)53-33(34)49)55-31-23(35)26(46)28(20(10-39)52-31)54-32-24(36-13(2)41)27(47)25(45)19(9-38)51-32/h5-8,19-21,23-33,38-40,45-49H,9-11,35H2,1-4H3,(H,36,41)/t19-,20-,21-,23-,24-,25-,26-,27-,28-,29-,30+,31+,32+,33?,34-/m1/s1. The van der Waals surface area contributed by atoms with Gasteiger partial charge in [0.25, 0.3) is 0 Å². The predicted octanol–water partition coefficient (Wildman–Crippen LogP) is -5.12. The molecule has 21 nitrogen and oxygen atoms in total. The highest BCUT2D eigenvalue weighted by molar-refractivity contribution is 5.94. The lowest BCUT2D eigenvalue weighted by molar-refractivity contribution is -0.362. The Kier molecular flexibility index (Phi) is 13.1. The van der Waals surface area contributed by atoms with Gasteiger partial charge in [0, 0.05) is 32.2 Å². The zero-order valence-electron chi connectivity index (χ0n) is 30.2. The summed E-state index contributed by atoms with van der Waals surface area (Å²) >= 11 is 0. The van der Waals surface area contributed by atoms with Crippen molar-refractivity contribution in [3.05, 3.63) is 45.8 Å². The highest BCUT2D eigenvalue weighted by Crippen LogP contribution is 2.45. The van der Waals surface area contributed by atoms with Crippen LogP contribution in [-0.4, -0.2) is 169 Å². The smallest absolute Gasteiger partial charge is 0.336 e. The second-order valence-corrected chi connectivity index (χ2v) is 13.7. The molecule has 0 spiro atoms. The van der Waals surface area contributed by atoms with Crippen molar-refractivity contribution < 1.29 is 83.3 Å². The predicted molar refractivity (Wildman–Crippen MR) is 181 cm³/mol. The summed E-state index contributed by atoms with van der Waals surface area (Å²) < 4.78 is 34.5. The number of imide groups is 1. The van der Waals surface area contributed by atoms with E-state index in [2.05, 4.69) is 5.32 Å². The summed E-state index contributed by atoms with van der Waals surface area (Å²) in [6.07, 6.45) is -21.0. The first-order chi connectivity index (χ1) is 25.9. The van der Waals surface area contributed by atoms with Crippen molar-refractivity contribution in [3.8, 4) is 0 Å². The number of aryl methyl sites for hydroxylation is 1. The van der Waals surface area contributed by atoms with E-state index in [0.29, 0.717) is 15.8 Å². The summed E-state index contributed by atoms with van der Waals surface area (Å²) in [5.41, 5.74) is 3.39. The van der Waals surface area contributed by atoms with Crippen molar-refractivity contribution in [1.82, 2.24) is 10.2 Å². The first kappa shape index (κ1) is 42.6. The average molecular weight is 786 g/mol. The maximum absolute atomic E-state index is 13.2. The van der Waals surface area contributed by atoms with Crippen LogP contribution in [0.15, 0.2) is 33.5 Å². The van der Waals surface area contributed by atoms with Crippen molar-refractivity contribution in [1.29, 1.82) is 0 Å². The summed E-state index contributed by atoms with van der Waals surface area (Å²) in [6.45, 7) is 2.13. The number of carbonyl (C=O) groups is 3. The van der Waals surface area contributed by atoms with Gasteiger partial charge in [-0.2, -0.15) is 0 Å². The van der Waals surface area contributed by atoms with Gasteiger partial charge in [0.2, 0.25) is 17.7 Å². The lowest BCUT2D eigenvalue weighted by Gasteiger charge is -2.55. The number of amides is 3. The minimum absolute atomic E-state index is 0.0392. The zero-order chi connectivity index (χ0) is 40.7. The van der Waals surface area contributed by atoms with Gasteiger partial charge >= 0.3 is 5.63 Å². The van der Waals surface area contributed by atoms with Crippen LogP contribution in [0, 0.1) is 6.92 Å². The number of ether oxygens (including phenoxy) is 5. The van der Waals surface area contributed by atoms with Gasteiger partial charge in [-0.05, 0) is 24.1 Å². The molecule has 3 aliphatic rings. The van der Waals surface area contributed by atoms with E-state index in [-0.39, 0.29) is 11.1 Å². The monoisotopic (exact) mass is 785 g/mol. The van der Waals surface area contributed by atoms with Crippen LogP contribution in [-0.2, 0) is 43.6 Å². The van der Waals surface area contributed by atoms with Crippen LogP contribution in [0.5, 0.6) is 0 Å². The molecular weight excluding hydrogens is 738 g/mol. The third-order valence-corrected chi connectivity index (χ3v) is 10.1. The molecular formula is C34H47N3O18. The molecule has 0 radical (unpaired) electrons. The number of nitrogens with zero attached hydrogens (tertiary/aromatic N) is 1. The molecule has 0 bridgehead atoms. The number of hydrogen-bond donors (Lipinski definition) is 10. The van der Waals surface area contributed by atoms with Gasteiger partial charge in [0.05, 0.1) is 25.9 Å². The lowest BCUT2D eigenvalue weighted by Crippen LogP contribution is -2.74. The fraction of sp³-hybridized carbons (Fsp3) is 0.647. The molecule has 3 saturated heterocycles. The summed E-state index contributed by atoms with van der Waals surface area (Å²) in [5.74, 6) is -2.60. The number of aliphatic hydroxyl groups excluding tert-OH is 8. The quantitative estimate of drug-likeness (QED) is 0.101. The minimum atomic E-state index is -2.55. The normalized spacial score (nSPS) is 38.1. The Labute approximate surface area is 312 Å². The Morgan fingerprint density at radius 3 is 1.98 bits per heavy atom. The second kappa shape index (κ2) is 16.9. The Bertz CT molecular complexity index is 1760. The van der Waals surface area contributed by atoms with Crippen molar-refractivity contribution in [2.24, 2.45) is 5.73 Å². The highest BCUT2D eigenvalue weighted by Gasteiger charge is 2.63. The molecule has 1 aromatic carbocycles. The number of nitrogens with one attached hydrogen (secondary N) is 1. The molecule has 1 aromatic heterocycles. The van der Waals surface area contributed by atoms with Crippen LogP contribution in [0.3, 0.4) is 0 Å². The molecule has 4 heterocycles. The van der Waals surface area contributed by atoms with Crippen LogP contribution < -0.4 is 16.7 Å². The Morgan fingerprint density at radius 2 is 1.40 bits per heavy atom. The van der Waals surface area contributed by atoms with Gasteiger partial charge in [-0.1, -0.05) is 12.1 Å². The minimum Gasteiger partial charge on any atom is -0.423 e. The van der Waals surface area contributed by atoms with E-state index in [1.54, 1.807) is 6.92 Å². The fourth-order valence-corrected chi connectivity index (χ4v) is 7.53. The van der Waals surface area contributed by atoms with Gasteiger partial charge in [-0.15, -0.1) is 0 Å². The number of aliphatic hydroxyl groups is 8. The summed E-state index contributed by atoms with van der Waals surface area (Å²) in [4.78, 5) is 51.1. The maximum atomic E-state index is 13.2. The highest BCUT2D eigenvalue weighted by atomic mass is 16.7. The van der Waals surface area contributed by atoms with Gasteiger partial charge < -0.3 is 80.0 Å². The molecule has 0 saturated carbocycles.